The van der Waals surface area contributed by atoms with E-state index in [2.05, 4.69) is 20.2 Å². The van der Waals surface area contributed by atoms with Gasteiger partial charge >= 0.3 is 0 Å². The third kappa shape index (κ3) is 4.34. The minimum Gasteiger partial charge on any atom is -0.334 e. The van der Waals surface area contributed by atoms with Crippen LogP contribution in [0, 0.1) is 0 Å². The van der Waals surface area contributed by atoms with Crippen LogP contribution in [0.4, 0.5) is 0 Å². The molecule has 1 amide bonds. The van der Waals surface area contributed by atoms with E-state index in [9.17, 15) is 9.59 Å². The summed E-state index contributed by atoms with van der Waals surface area (Å²) in [4.78, 5) is 32.6. The van der Waals surface area contributed by atoms with E-state index in [1.807, 2.05) is 43.3 Å². The molecular formula is C25H25ClN6O2. The van der Waals surface area contributed by atoms with Crippen LogP contribution in [-0.2, 0) is 0 Å². The SMILES string of the molecule is CN(C)CC1CCCN1C(=O)c1ccc(-n2cc(-c3cc4cc(Cl)ccc4[nH]c3=O)nn2)cc1. The minimum absolute atomic E-state index is 0.0523. The molecule has 9 heteroatoms. The van der Waals surface area contributed by atoms with Crippen LogP contribution < -0.4 is 5.56 Å². The third-order valence-corrected chi connectivity index (χ3v) is 6.40. The zero-order valence-corrected chi connectivity index (χ0v) is 19.8. The predicted octanol–water partition coefficient (Wildman–Crippen LogP) is 3.60. The molecule has 1 atom stereocenters. The van der Waals surface area contributed by atoms with E-state index in [-0.39, 0.29) is 17.5 Å². The maximum atomic E-state index is 13.1. The number of likely N-dealkylation sites (tertiary alicyclic amines) is 1. The summed E-state index contributed by atoms with van der Waals surface area (Å²) < 4.78 is 1.59. The lowest BCUT2D eigenvalue weighted by Crippen LogP contribution is -2.41. The number of hydrogen-bond acceptors (Lipinski definition) is 5. The number of amides is 1. The molecular weight excluding hydrogens is 452 g/mol. The fourth-order valence-electron chi connectivity index (χ4n) is 4.52. The molecule has 1 N–H and O–H groups in total. The molecule has 1 aliphatic heterocycles. The monoisotopic (exact) mass is 476 g/mol. The Morgan fingerprint density at radius 1 is 1.18 bits per heavy atom. The van der Waals surface area contributed by atoms with Crippen LogP contribution in [0.1, 0.15) is 23.2 Å². The highest BCUT2D eigenvalue weighted by atomic mass is 35.5. The van der Waals surface area contributed by atoms with Crippen molar-refractivity contribution < 1.29 is 4.79 Å². The van der Waals surface area contributed by atoms with Crippen molar-refractivity contribution in [3.63, 3.8) is 0 Å². The molecule has 2 aromatic carbocycles. The van der Waals surface area contributed by atoms with Gasteiger partial charge in [-0.05, 0) is 75.5 Å². The summed E-state index contributed by atoms with van der Waals surface area (Å²) in [7, 11) is 4.06. The van der Waals surface area contributed by atoms with Gasteiger partial charge in [0.1, 0.15) is 5.69 Å². The topological polar surface area (TPSA) is 87.1 Å². The number of benzene rings is 2. The average Bonchev–Trinajstić information content (AvgIpc) is 3.48. The van der Waals surface area contributed by atoms with Gasteiger partial charge in [0.15, 0.2) is 0 Å². The first-order valence-corrected chi connectivity index (χ1v) is 11.6. The van der Waals surface area contributed by atoms with E-state index in [0.717, 1.165) is 37.0 Å². The average molecular weight is 477 g/mol. The third-order valence-electron chi connectivity index (χ3n) is 6.17. The summed E-state index contributed by atoms with van der Waals surface area (Å²) >= 11 is 6.09. The van der Waals surface area contributed by atoms with Gasteiger partial charge in [-0.2, -0.15) is 0 Å². The quantitative estimate of drug-likeness (QED) is 0.475. The van der Waals surface area contributed by atoms with Crippen molar-refractivity contribution in [1.29, 1.82) is 0 Å². The standard InChI is InChI=1S/C25H25ClN6O2/c1-30(2)14-20-4-3-11-31(20)25(34)16-5-8-19(9-6-16)32-15-23(28-29-32)21-13-17-12-18(26)7-10-22(17)27-24(21)33/h5-10,12-13,15,20H,3-4,11,14H2,1-2H3,(H,27,33). The number of rotatable bonds is 5. The predicted molar refractivity (Wildman–Crippen MR) is 133 cm³/mol. The largest absolute Gasteiger partial charge is 0.334 e. The molecule has 1 saturated heterocycles. The summed E-state index contributed by atoms with van der Waals surface area (Å²) in [5.74, 6) is 0.0523. The van der Waals surface area contributed by atoms with Crippen molar-refractivity contribution in [1.82, 2.24) is 29.8 Å². The molecule has 0 radical (unpaired) electrons. The molecule has 1 fully saturated rings. The Labute approximate surface area is 201 Å². The van der Waals surface area contributed by atoms with E-state index in [1.54, 1.807) is 35.1 Å². The van der Waals surface area contributed by atoms with E-state index in [0.29, 0.717) is 27.4 Å². The van der Waals surface area contributed by atoms with Gasteiger partial charge < -0.3 is 14.8 Å². The summed E-state index contributed by atoms with van der Waals surface area (Å²) in [6.07, 6.45) is 3.76. The Hall–Kier alpha value is -3.49. The fourth-order valence-corrected chi connectivity index (χ4v) is 4.70. The number of nitrogens with zero attached hydrogens (tertiary/aromatic N) is 5. The number of fused-ring (bicyclic) bond motifs is 1. The molecule has 8 nitrogen and oxygen atoms in total. The van der Waals surface area contributed by atoms with Gasteiger partial charge in [0, 0.05) is 40.6 Å². The number of nitrogens with one attached hydrogen (secondary N) is 1. The van der Waals surface area contributed by atoms with Crippen molar-refractivity contribution in [2.24, 2.45) is 0 Å². The number of carbonyl (C=O) groups excluding carboxylic acids is 1. The van der Waals surface area contributed by atoms with E-state index in [4.69, 9.17) is 11.6 Å². The molecule has 3 heterocycles. The van der Waals surface area contributed by atoms with Crippen LogP contribution in [0.25, 0.3) is 27.8 Å². The summed E-state index contributed by atoms with van der Waals surface area (Å²) in [6, 6.07) is 14.6. The Balaban J connectivity index is 1.38. The Morgan fingerprint density at radius 3 is 2.74 bits per heavy atom. The molecule has 34 heavy (non-hydrogen) atoms. The molecule has 1 aliphatic rings. The molecule has 4 aromatic rings. The van der Waals surface area contributed by atoms with Gasteiger partial charge in [0.2, 0.25) is 0 Å². The van der Waals surface area contributed by atoms with Gasteiger partial charge in [0.05, 0.1) is 17.4 Å². The van der Waals surface area contributed by atoms with Crippen LogP contribution in [0.3, 0.4) is 0 Å². The van der Waals surface area contributed by atoms with Crippen LogP contribution >= 0.6 is 11.6 Å². The van der Waals surface area contributed by atoms with Gasteiger partial charge in [-0.15, -0.1) is 5.10 Å². The highest BCUT2D eigenvalue weighted by Crippen LogP contribution is 2.23. The summed E-state index contributed by atoms with van der Waals surface area (Å²) in [5.41, 5.74) is 2.72. The zero-order chi connectivity index (χ0) is 23.8. The molecule has 174 valence electrons. The number of carbonyl (C=O) groups is 1. The highest BCUT2D eigenvalue weighted by molar-refractivity contribution is 6.31. The number of H-pyrrole nitrogens is 1. The number of likely N-dealkylation sites (N-methyl/N-ethyl adjacent to an activating group) is 1. The Morgan fingerprint density at radius 2 is 1.97 bits per heavy atom. The minimum atomic E-state index is -0.249. The first-order chi connectivity index (χ1) is 16.4. The molecule has 0 spiro atoms. The van der Waals surface area contributed by atoms with Crippen LogP contribution in [0.2, 0.25) is 5.02 Å². The molecule has 0 aliphatic carbocycles. The molecule has 2 aromatic heterocycles. The van der Waals surface area contributed by atoms with Crippen molar-refractivity contribution in [2.75, 3.05) is 27.2 Å². The first-order valence-electron chi connectivity index (χ1n) is 11.2. The van der Waals surface area contributed by atoms with Crippen LogP contribution in [0.5, 0.6) is 0 Å². The van der Waals surface area contributed by atoms with Gasteiger partial charge in [-0.3, -0.25) is 9.59 Å². The van der Waals surface area contributed by atoms with E-state index < -0.39 is 0 Å². The van der Waals surface area contributed by atoms with Crippen LogP contribution in [-0.4, -0.2) is 68.9 Å². The number of hydrogen-bond donors (Lipinski definition) is 1. The lowest BCUT2D eigenvalue weighted by molar-refractivity contribution is 0.0716. The summed E-state index contributed by atoms with van der Waals surface area (Å²) in [6.45, 7) is 1.66. The lowest BCUT2D eigenvalue weighted by Gasteiger charge is -2.27. The summed E-state index contributed by atoms with van der Waals surface area (Å²) in [5, 5.41) is 9.78. The van der Waals surface area contributed by atoms with Crippen molar-refractivity contribution >= 4 is 28.4 Å². The normalized spacial score (nSPS) is 16.0. The maximum absolute atomic E-state index is 13.1. The molecule has 0 bridgehead atoms. The van der Waals surface area contributed by atoms with Gasteiger partial charge in [-0.25, -0.2) is 4.68 Å². The molecule has 0 saturated carbocycles. The van der Waals surface area contributed by atoms with Crippen molar-refractivity contribution in [2.45, 2.75) is 18.9 Å². The molecule has 1 unspecified atom stereocenters. The fraction of sp³-hybridized carbons (Fsp3) is 0.280. The second kappa shape index (κ2) is 9.04. The van der Waals surface area contributed by atoms with E-state index >= 15 is 0 Å². The van der Waals surface area contributed by atoms with Gasteiger partial charge in [-0.1, -0.05) is 16.8 Å². The number of pyridine rings is 1. The lowest BCUT2D eigenvalue weighted by atomic mass is 10.1. The smallest absolute Gasteiger partial charge is 0.258 e. The second-order valence-corrected chi connectivity index (χ2v) is 9.33. The maximum Gasteiger partial charge on any atom is 0.258 e. The Bertz CT molecular complexity index is 1410. The Kier molecular flexibility index (Phi) is 5.93. The molecule has 5 rings (SSSR count). The number of aromatic nitrogens is 4. The zero-order valence-electron chi connectivity index (χ0n) is 19.0. The first kappa shape index (κ1) is 22.3. The van der Waals surface area contributed by atoms with Crippen molar-refractivity contribution in [3.05, 3.63) is 75.7 Å². The number of halogens is 1. The van der Waals surface area contributed by atoms with Crippen LogP contribution in [0.15, 0.2) is 59.5 Å². The highest BCUT2D eigenvalue weighted by Gasteiger charge is 2.29. The van der Waals surface area contributed by atoms with Gasteiger partial charge in [0.25, 0.3) is 11.5 Å². The van der Waals surface area contributed by atoms with E-state index in [1.165, 1.54) is 0 Å². The van der Waals surface area contributed by atoms with Crippen molar-refractivity contribution in [3.8, 4) is 16.9 Å². The second-order valence-electron chi connectivity index (χ2n) is 8.90. The number of aromatic amines is 1.